The molecule has 0 spiro atoms. The van der Waals surface area contributed by atoms with Crippen molar-refractivity contribution in [1.82, 2.24) is 19.3 Å². The summed E-state index contributed by atoms with van der Waals surface area (Å²) in [6.45, 7) is 0.195. The van der Waals surface area contributed by atoms with Gasteiger partial charge in [-0.2, -0.15) is 0 Å². The van der Waals surface area contributed by atoms with Gasteiger partial charge in [-0.05, 0) is 37.3 Å². The minimum absolute atomic E-state index is 0.0833. The van der Waals surface area contributed by atoms with Gasteiger partial charge >= 0.3 is 11.1 Å². The van der Waals surface area contributed by atoms with Crippen LogP contribution in [0.3, 0.4) is 0 Å². The highest BCUT2D eigenvalue weighted by Crippen LogP contribution is 2.61. The molecule has 0 atom stereocenters. The number of aromatic nitrogens is 4. The smallest absolute Gasteiger partial charge is 0.316 e. The first kappa shape index (κ1) is 14.4. The van der Waals surface area contributed by atoms with E-state index in [0.717, 1.165) is 25.2 Å². The van der Waals surface area contributed by atoms with Crippen molar-refractivity contribution in [2.45, 2.75) is 31.3 Å². The third-order valence-electron chi connectivity index (χ3n) is 5.38. The molecule has 3 aliphatic rings. The zero-order valence-corrected chi connectivity index (χ0v) is 13.5. The van der Waals surface area contributed by atoms with Crippen LogP contribution in [0.15, 0.2) is 57.0 Å². The summed E-state index contributed by atoms with van der Waals surface area (Å²) in [5.74, 6) is 1.28. The van der Waals surface area contributed by atoms with Gasteiger partial charge in [-0.1, -0.05) is 11.2 Å². The first-order valence-electron chi connectivity index (χ1n) is 8.34. The molecule has 7 nitrogen and oxygen atoms in total. The Hall–Kier alpha value is -2.96. The maximum Gasteiger partial charge on any atom is 0.316 e. The quantitative estimate of drug-likeness (QED) is 0.676. The van der Waals surface area contributed by atoms with Gasteiger partial charge in [0.05, 0.1) is 6.54 Å². The number of hydrogen-bond acceptors (Lipinski definition) is 5. The Morgan fingerprint density at radius 1 is 1.16 bits per heavy atom. The summed E-state index contributed by atoms with van der Waals surface area (Å²) in [5, 5.41) is 3.98. The topological polar surface area (TPSA) is 82.9 Å². The molecule has 3 aromatic heterocycles. The van der Waals surface area contributed by atoms with Crippen LogP contribution in [0.1, 0.15) is 25.0 Å². The van der Waals surface area contributed by atoms with Crippen LogP contribution in [0.25, 0.3) is 11.5 Å². The van der Waals surface area contributed by atoms with Crippen LogP contribution in [0, 0.1) is 5.92 Å². The number of rotatable bonds is 4. The summed E-state index contributed by atoms with van der Waals surface area (Å²) >= 11 is 0. The highest BCUT2D eigenvalue weighted by atomic mass is 16.5. The lowest BCUT2D eigenvalue weighted by Crippen LogP contribution is -2.64. The third kappa shape index (κ3) is 2.12. The molecule has 0 saturated heterocycles. The molecule has 3 heterocycles. The molecule has 3 aromatic rings. The van der Waals surface area contributed by atoms with E-state index in [0.29, 0.717) is 17.1 Å². The van der Waals surface area contributed by atoms with E-state index in [1.165, 1.54) is 4.57 Å². The van der Waals surface area contributed by atoms with Crippen LogP contribution in [-0.4, -0.2) is 19.3 Å². The highest BCUT2D eigenvalue weighted by Gasteiger charge is 2.58. The van der Waals surface area contributed by atoms with Crippen molar-refractivity contribution in [2.75, 3.05) is 0 Å². The molecule has 2 bridgehead atoms. The van der Waals surface area contributed by atoms with E-state index in [1.54, 1.807) is 29.2 Å². The fourth-order valence-corrected chi connectivity index (χ4v) is 3.92. The first-order valence-corrected chi connectivity index (χ1v) is 8.34. The Labute approximate surface area is 142 Å². The van der Waals surface area contributed by atoms with Gasteiger partial charge in [0.2, 0.25) is 0 Å². The van der Waals surface area contributed by atoms with Crippen molar-refractivity contribution in [3.63, 3.8) is 0 Å². The van der Waals surface area contributed by atoms with Crippen LogP contribution < -0.4 is 11.1 Å². The van der Waals surface area contributed by atoms with E-state index < -0.39 is 11.1 Å². The minimum atomic E-state index is -0.519. The van der Waals surface area contributed by atoms with Gasteiger partial charge in [0.1, 0.15) is 11.4 Å². The molecular formula is C18H16N4O3. The zero-order valence-electron chi connectivity index (χ0n) is 13.5. The van der Waals surface area contributed by atoms with Crippen LogP contribution >= 0.6 is 0 Å². The molecule has 0 unspecified atom stereocenters. The van der Waals surface area contributed by atoms with E-state index in [-0.39, 0.29) is 12.1 Å². The average Bonchev–Trinajstić information content (AvgIpc) is 3.01. The first-order chi connectivity index (χ1) is 12.1. The molecule has 0 aliphatic heterocycles. The second-order valence-electron chi connectivity index (χ2n) is 7.01. The zero-order chi connectivity index (χ0) is 17.0. The van der Waals surface area contributed by atoms with E-state index in [4.69, 9.17) is 4.52 Å². The number of pyridine rings is 1. The van der Waals surface area contributed by atoms with E-state index >= 15 is 0 Å². The standard InChI is InChI=1S/C18H16N4O3/c23-16-17(24)22(18-8-12(9-18)10-18)6-5-21(16)11-13-7-15(25-20-13)14-3-1-2-4-19-14/h1-7,12H,8-11H2. The average molecular weight is 336 g/mol. The summed E-state index contributed by atoms with van der Waals surface area (Å²) in [6, 6.07) is 7.24. The third-order valence-corrected chi connectivity index (χ3v) is 5.38. The summed E-state index contributed by atoms with van der Waals surface area (Å²) in [4.78, 5) is 29.1. The Bertz CT molecular complexity index is 1050. The molecule has 3 saturated carbocycles. The van der Waals surface area contributed by atoms with E-state index in [2.05, 4.69) is 10.1 Å². The molecule has 0 N–H and O–H groups in total. The summed E-state index contributed by atoms with van der Waals surface area (Å²) in [7, 11) is 0. The normalized spacial score (nSPS) is 23.8. The lowest BCUT2D eigenvalue weighted by Gasteiger charge is -2.62. The summed E-state index contributed by atoms with van der Waals surface area (Å²) in [6.07, 6.45) is 8.14. The maximum atomic E-state index is 12.4. The fourth-order valence-electron chi connectivity index (χ4n) is 3.92. The van der Waals surface area contributed by atoms with Crippen molar-refractivity contribution < 1.29 is 4.52 Å². The van der Waals surface area contributed by atoms with E-state index in [9.17, 15) is 9.59 Å². The van der Waals surface area contributed by atoms with Crippen molar-refractivity contribution >= 4 is 0 Å². The molecule has 6 rings (SSSR count). The predicted octanol–water partition coefficient (Wildman–Crippen LogP) is 1.62. The van der Waals surface area contributed by atoms with Crippen LogP contribution in [0.2, 0.25) is 0 Å². The highest BCUT2D eigenvalue weighted by molar-refractivity contribution is 5.51. The van der Waals surface area contributed by atoms with Crippen LogP contribution in [-0.2, 0) is 12.1 Å². The molecule has 0 radical (unpaired) electrons. The van der Waals surface area contributed by atoms with Gasteiger partial charge in [0.25, 0.3) is 0 Å². The molecule has 7 heteroatoms. The molecule has 3 fully saturated rings. The molecule has 0 aromatic carbocycles. The van der Waals surface area contributed by atoms with Crippen molar-refractivity contribution in [2.24, 2.45) is 5.92 Å². The van der Waals surface area contributed by atoms with Crippen molar-refractivity contribution in [3.05, 3.63) is 69.3 Å². The van der Waals surface area contributed by atoms with Gasteiger partial charge < -0.3 is 13.7 Å². The molecular weight excluding hydrogens is 320 g/mol. The van der Waals surface area contributed by atoms with Gasteiger partial charge in [0, 0.05) is 30.2 Å². The predicted molar refractivity (Wildman–Crippen MR) is 89.1 cm³/mol. The SMILES string of the molecule is O=c1c(=O)n(C23CC(C2)C3)ccn1Cc1cc(-c2ccccn2)on1. The van der Waals surface area contributed by atoms with E-state index in [1.807, 2.05) is 18.2 Å². The Morgan fingerprint density at radius 3 is 2.68 bits per heavy atom. The number of hydrogen-bond donors (Lipinski definition) is 0. The Morgan fingerprint density at radius 2 is 2.00 bits per heavy atom. The van der Waals surface area contributed by atoms with Gasteiger partial charge in [-0.15, -0.1) is 0 Å². The monoisotopic (exact) mass is 336 g/mol. The van der Waals surface area contributed by atoms with Crippen molar-refractivity contribution in [3.8, 4) is 11.5 Å². The maximum absolute atomic E-state index is 12.4. The molecule has 126 valence electrons. The fraction of sp³-hybridized carbons (Fsp3) is 0.333. The largest absolute Gasteiger partial charge is 0.354 e. The van der Waals surface area contributed by atoms with Gasteiger partial charge in [-0.25, -0.2) is 0 Å². The summed E-state index contributed by atoms with van der Waals surface area (Å²) in [5.41, 5.74) is 0.196. The molecule has 0 amide bonds. The lowest BCUT2D eigenvalue weighted by atomic mass is 9.49. The second-order valence-corrected chi connectivity index (χ2v) is 7.01. The summed E-state index contributed by atoms with van der Waals surface area (Å²) < 4.78 is 8.30. The Kier molecular flexibility index (Phi) is 2.89. The molecule has 3 aliphatic carbocycles. The lowest BCUT2D eigenvalue weighted by molar-refractivity contribution is -0.0919. The van der Waals surface area contributed by atoms with Gasteiger partial charge in [0.15, 0.2) is 5.76 Å². The second kappa shape index (κ2) is 5.02. The van der Waals surface area contributed by atoms with Gasteiger partial charge in [-0.3, -0.25) is 14.6 Å². The minimum Gasteiger partial charge on any atom is -0.354 e. The van der Waals surface area contributed by atoms with Crippen LogP contribution in [0.4, 0.5) is 0 Å². The van der Waals surface area contributed by atoms with Crippen LogP contribution in [0.5, 0.6) is 0 Å². The Balaban J connectivity index is 1.43. The molecule has 25 heavy (non-hydrogen) atoms. The number of nitrogens with zero attached hydrogens (tertiary/aromatic N) is 4. The van der Waals surface area contributed by atoms with Crippen molar-refractivity contribution in [1.29, 1.82) is 0 Å².